The number of piperazine rings is 1. The van der Waals surface area contributed by atoms with Crippen molar-refractivity contribution < 1.29 is 4.79 Å². The lowest BCUT2D eigenvalue weighted by Gasteiger charge is -2.34. The van der Waals surface area contributed by atoms with Crippen molar-refractivity contribution in [3.8, 4) is 0 Å². The SMILES string of the molecule is O=C(NCCN1CCN(c2ncccn2)CC1)c1c[nH]c(=O)[nH]c1=O. The quantitative estimate of drug-likeness (QED) is 0.596. The summed E-state index contributed by atoms with van der Waals surface area (Å²) in [7, 11) is 0. The highest BCUT2D eigenvalue weighted by Gasteiger charge is 2.18. The summed E-state index contributed by atoms with van der Waals surface area (Å²) in [5.74, 6) is 0.224. The molecular weight excluding hydrogens is 326 g/mol. The van der Waals surface area contributed by atoms with Gasteiger partial charge in [-0.3, -0.25) is 19.5 Å². The number of H-pyrrole nitrogens is 2. The number of rotatable bonds is 5. The first-order chi connectivity index (χ1) is 12.1. The summed E-state index contributed by atoms with van der Waals surface area (Å²) in [5.41, 5.74) is -1.44. The van der Waals surface area contributed by atoms with Crippen molar-refractivity contribution in [2.45, 2.75) is 0 Å². The Morgan fingerprint density at radius 1 is 1.16 bits per heavy atom. The molecule has 0 unspecified atom stereocenters. The Morgan fingerprint density at radius 2 is 1.88 bits per heavy atom. The number of amides is 1. The van der Waals surface area contributed by atoms with Crippen molar-refractivity contribution in [1.82, 2.24) is 30.2 Å². The third-order valence-electron chi connectivity index (χ3n) is 3.98. The van der Waals surface area contributed by atoms with Crippen molar-refractivity contribution in [3.05, 3.63) is 51.1 Å². The fourth-order valence-electron chi connectivity index (χ4n) is 2.63. The lowest BCUT2D eigenvalue weighted by atomic mass is 10.3. The summed E-state index contributed by atoms with van der Waals surface area (Å²) in [4.78, 5) is 51.6. The first-order valence-electron chi connectivity index (χ1n) is 7.98. The number of anilines is 1. The molecule has 1 amide bonds. The molecule has 0 saturated carbocycles. The predicted molar refractivity (Wildman–Crippen MR) is 90.7 cm³/mol. The maximum atomic E-state index is 12.0. The predicted octanol–water partition coefficient (Wildman–Crippen LogP) is -1.59. The number of carbonyl (C=O) groups excluding carboxylic acids is 1. The van der Waals surface area contributed by atoms with E-state index < -0.39 is 17.2 Å². The van der Waals surface area contributed by atoms with Gasteiger partial charge >= 0.3 is 5.69 Å². The summed E-state index contributed by atoms with van der Waals surface area (Å²) in [6.07, 6.45) is 4.57. The van der Waals surface area contributed by atoms with Crippen molar-refractivity contribution in [2.75, 3.05) is 44.2 Å². The van der Waals surface area contributed by atoms with E-state index in [1.54, 1.807) is 18.5 Å². The van der Waals surface area contributed by atoms with Crippen molar-refractivity contribution in [3.63, 3.8) is 0 Å². The van der Waals surface area contributed by atoms with E-state index >= 15 is 0 Å². The lowest BCUT2D eigenvalue weighted by molar-refractivity contribution is 0.0945. The van der Waals surface area contributed by atoms with E-state index in [0.29, 0.717) is 13.1 Å². The summed E-state index contributed by atoms with van der Waals surface area (Å²) in [5, 5.41) is 2.69. The van der Waals surface area contributed by atoms with Gasteiger partial charge in [0.05, 0.1) is 0 Å². The van der Waals surface area contributed by atoms with Gasteiger partial charge in [0.2, 0.25) is 5.95 Å². The number of nitrogens with one attached hydrogen (secondary N) is 3. The Labute approximate surface area is 142 Å². The highest BCUT2D eigenvalue weighted by Crippen LogP contribution is 2.08. The third kappa shape index (κ3) is 4.29. The number of hydrogen-bond donors (Lipinski definition) is 3. The molecule has 25 heavy (non-hydrogen) atoms. The molecule has 0 spiro atoms. The van der Waals surface area contributed by atoms with Gasteiger partial charge in [-0.1, -0.05) is 0 Å². The second kappa shape index (κ2) is 7.71. The number of hydrogen-bond acceptors (Lipinski definition) is 7. The molecule has 0 aliphatic carbocycles. The van der Waals surface area contributed by atoms with Crippen LogP contribution in [0.15, 0.2) is 34.2 Å². The average Bonchev–Trinajstić information content (AvgIpc) is 2.63. The van der Waals surface area contributed by atoms with Crippen LogP contribution in [0.5, 0.6) is 0 Å². The van der Waals surface area contributed by atoms with Crippen LogP contribution < -0.4 is 21.5 Å². The molecule has 1 aliphatic heterocycles. The van der Waals surface area contributed by atoms with Gasteiger partial charge in [0.1, 0.15) is 5.56 Å². The maximum absolute atomic E-state index is 12.0. The topological polar surface area (TPSA) is 127 Å². The molecule has 1 fully saturated rings. The van der Waals surface area contributed by atoms with Crippen LogP contribution in [-0.2, 0) is 0 Å². The second-order valence-electron chi connectivity index (χ2n) is 5.62. The van der Waals surface area contributed by atoms with Gasteiger partial charge in [0.15, 0.2) is 0 Å². The van der Waals surface area contributed by atoms with Gasteiger partial charge in [0.25, 0.3) is 11.5 Å². The zero-order valence-corrected chi connectivity index (χ0v) is 13.6. The minimum absolute atomic E-state index is 0.106. The third-order valence-corrected chi connectivity index (χ3v) is 3.98. The molecule has 3 N–H and O–H groups in total. The Bertz CT molecular complexity index is 825. The van der Waals surface area contributed by atoms with Gasteiger partial charge in [-0.15, -0.1) is 0 Å². The van der Waals surface area contributed by atoms with Gasteiger partial charge in [-0.05, 0) is 6.07 Å². The van der Waals surface area contributed by atoms with Crippen LogP contribution in [0.25, 0.3) is 0 Å². The molecule has 0 atom stereocenters. The normalized spacial score (nSPS) is 15.1. The molecule has 10 nitrogen and oxygen atoms in total. The van der Waals surface area contributed by atoms with E-state index in [2.05, 4.69) is 30.1 Å². The van der Waals surface area contributed by atoms with Crippen LogP contribution in [0.3, 0.4) is 0 Å². The van der Waals surface area contributed by atoms with Gasteiger partial charge in [0, 0.05) is 57.9 Å². The molecular formula is C15H19N7O3. The molecule has 1 saturated heterocycles. The van der Waals surface area contributed by atoms with Crippen LogP contribution in [0.2, 0.25) is 0 Å². The van der Waals surface area contributed by atoms with Crippen LogP contribution >= 0.6 is 0 Å². The van der Waals surface area contributed by atoms with E-state index in [-0.39, 0.29) is 5.56 Å². The molecule has 132 valence electrons. The zero-order valence-electron chi connectivity index (χ0n) is 13.6. The van der Waals surface area contributed by atoms with E-state index in [1.165, 1.54) is 0 Å². The van der Waals surface area contributed by atoms with Crippen molar-refractivity contribution >= 4 is 11.9 Å². The molecule has 2 aromatic heterocycles. The Kier molecular flexibility index (Phi) is 5.19. The number of aromatic amines is 2. The molecule has 0 aromatic carbocycles. The van der Waals surface area contributed by atoms with Crippen LogP contribution in [-0.4, -0.2) is 70.0 Å². The van der Waals surface area contributed by atoms with Gasteiger partial charge < -0.3 is 15.2 Å². The number of carbonyl (C=O) groups is 1. The summed E-state index contributed by atoms with van der Waals surface area (Å²) < 4.78 is 0. The Morgan fingerprint density at radius 3 is 2.56 bits per heavy atom. The number of nitrogens with zero attached hydrogens (tertiary/aromatic N) is 4. The minimum Gasteiger partial charge on any atom is -0.351 e. The second-order valence-corrected chi connectivity index (χ2v) is 5.62. The minimum atomic E-state index is -0.697. The van der Waals surface area contributed by atoms with E-state index in [9.17, 15) is 14.4 Å². The number of aromatic nitrogens is 4. The lowest BCUT2D eigenvalue weighted by Crippen LogP contribution is -2.49. The summed E-state index contributed by atoms with van der Waals surface area (Å²) in [6.45, 7) is 4.41. The van der Waals surface area contributed by atoms with Crippen molar-refractivity contribution in [2.24, 2.45) is 0 Å². The smallest absolute Gasteiger partial charge is 0.325 e. The molecule has 0 bridgehead atoms. The average molecular weight is 345 g/mol. The van der Waals surface area contributed by atoms with Gasteiger partial charge in [-0.2, -0.15) is 0 Å². The van der Waals surface area contributed by atoms with Crippen LogP contribution in [0, 0.1) is 0 Å². The molecule has 3 heterocycles. The maximum Gasteiger partial charge on any atom is 0.325 e. The van der Waals surface area contributed by atoms with E-state index in [0.717, 1.165) is 38.3 Å². The molecule has 2 aromatic rings. The first-order valence-corrected chi connectivity index (χ1v) is 7.98. The first kappa shape index (κ1) is 16.8. The summed E-state index contributed by atoms with van der Waals surface area (Å²) in [6, 6.07) is 1.79. The fourth-order valence-corrected chi connectivity index (χ4v) is 2.63. The van der Waals surface area contributed by atoms with E-state index in [4.69, 9.17) is 0 Å². The highest BCUT2D eigenvalue weighted by molar-refractivity contribution is 5.93. The van der Waals surface area contributed by atoms with Crippen LogP contribution in [0.1, 0.15) is 10.4 Å². The zero-order chi connectivity index (χ0) is 17.6. The monoisotopic (exact) mass is 345 g/mol. The molecule has 10 heteroatoms. The fraction of sp³-hybridized carbons (Fsp3) is 0.400. The standard InChI is InChI=1S/C15H19N7O3/c23-12(11-10-19-15(25)20-13(11)24)16-4-5-21-6-8-22(9-7-21)14-17-2-1-3-18-14/h1-3,10H,4-9H2,(H,16,23)(H2,19,20,24,25). The van der Waals surface area contributed by atoms with Gasteiger partial charge in [-0.25, -0.2) is 14.8 Å². The molecule has 3 rings (SSSR count). The largest absolute Gasteiger partial charge is 0.351 e. The van der Waals surface area contributed by atoms with E-state index in [1.807, 2.05) is 4.98 Å². The Hall–Kier alpha value is -3.01. The van der Waals surface area contributed by atoms with Crippen molar-refractivity contribution in [1.29, 1.82) is 0 Å². The molecule has 1 aliphatic rings. The molecule has 0 radical (unpaired) electrons. The van der Waals surface area contributed by atoms with Crippen LogP contribution in [0.4, 0.5) is 5.95 Å². The summed E-state index contributed by atoms with van der Waals surface area (Å²) >= 11 is 0. The highest BCUT2D eigenvalue weighted by atomic mass is 16.2. The Balaban J connectivity index is 1.43.